The zero-order chi connectivity index (χ0) is 26.5. The minimum absolute atomic E-state index is 0.0172. The smallest absolute Gasteiger partial charge is 0.266 e. The van der Waals surface area contributed by atoms with Crippen LogP contribution in [0.5, 0.6) is 0 Å². The third-order valence-corrected chi connectivity index (χ3v) is 6.71. The third kappa shape index (κ3) is 4.85. The second-order valence-corrected chi connectivity index (χ2v) is 9.16. The van der Waals surface area contributed by atoms with Crippen LogP contribution < -0.4 is 10.9 Å². The van der Waals surface area contributed by atoms with Crippen molar-refractivity contribution in [2.24, 2.45) is 0 Å². The van der Waals surface area contributed by atoms with E-state index in [2.05, 4.69) is 11.4 Å². The molecule has 5 aromatic rings. The van der Waals surface area contributed by atoms with Crippen LogP contribution in [-0.2, 0) is 0 Å². The Morgan fingerprint density at radius 3 is 2.16 bits per heavy atom. The Morgan fingerprint density at radius 2 is 1.50 bits per heavy atom. The molecule has 0 spiro atoms. The summed E-state index contributed by atoms with van der Waals surface area (Å²) in [7, 11) is 0. The number of para-hydroxylation sites is 2. The zero-order valence-electron chi connectivity index (χ0n) is 20.5. The van der Waals surface area contributed by atoms with Crippen molar-refractivity contribution in [1.82, 2.24) is 9.55 Å². The number of carbonyl (C=O) groups excluding carboxylic acids is 1. The van der Waals surface area contributed by atoms with Gasteiger partial charge in [0.2, 0.25) is 5.78 Å². The molecule has 184 valence electrons. The summed E-state index contributed by atoms with van der Waals surface area (Å²) < 4.78 is 1.55. The number of rotatable bonds is 7. The lowest BCUT2D eigenvalue weighted by Crippen LogP contribution is -2.22. The first-order valence-corrected chi connectivity index (χ1v) is 13.1. The van der Waals surface area contributed by atoms with Crippen LogP contribution in [0.4, 0.5) is 5.69 Å². The molecule has 0 saturated carbocycles. The van der Waals surface area contributed by atoms with Crippen LogP contribution in [0.1, 0.15) is 10.4 Å². The van der Waals surface area contributed by atoms with Gasteiger partial charge in [0, 0.05) is 16.8 Å². The Balaban J connectivity index is 1.57. The monoisotopic (exact) mass is 514 g/mol. The minimum Gasteiger partial charge on any atom is -0.349 e. The first kappa shape index (κ1) is 24.8. The number of benzene rings is 4. The molecular formula is C31H22N4O2S. The van der Waals surface area contributed by atoms with Crippen LogP contribution in [0.2, 0.25) is 0 Å². The highest BCUT2D eigenvalue weighted by Crippen LogP contribution is 2.25. The van der Waals surface area contributed by atoms with Gasteiger partial charge in [-0.3, -0.25) is 14.2 Å². The van der Waals surface area contributed by atoms with Gasteiger partial charge in [-0.25, -0.2) is 4.98 Å². The van der Waals surface area contributed by atoms with E-state index in [0.29, 0.717) is 33.0 Å². The maximum atomic E-state index is 13.6. The van der Waals surface area contributed by atoms with Gasteiger partial charge in [0.05, 0.1) is 21.6 Å². The molecular weight excluding hydrogens is 492 g/mol. The molecule has 1 heterocycles. The van der Waals surface area contributed by atoms with Gasteiger partial charge in [-0.15, -0.1) is 11.8 Å². The molecule has 5 rings (SSSR count). The highest BCUT2D eigenvalue weighted by molar-refractivity contribution is 8.02. The molecule has 38 heavy (non-hydrogen) atoms. The standard InChI is InChI=1S/C31H22N4O2S/c1-38-30(33-23-12-6-3-7-13-23)26(20-32)28(36)21-16-18-24(19-17-21)35-29(22-10-4-2-5-11-22)34-27-15-9-8-14-25(27)31(35)37/h2-19,33H,1H3/b30-26+. The number of ketones is 1. The molecule has 1 N–H and O–H groups in total. The summed E-state index contributed by atoms with van der Waals surface area (Å²) >= 11 is 1.29. The number of thioether (sulfide) groups is 1. The van der Waals surface area contributed by atoms with Gasteiger partial charge in [0.15, 0.2) is 0 Å². The number of Topliss-reactive ketones (excluding diaryl/α,β-unsaturated/α-hetero) is 1. The molecule has 0 aliphatic carbocycles. The Labute approximate surface area is 223 Å². The summed E-state index contributed by atoms with van der Waals surface area (Å²) in [5.41, 5.74) is 2.91. The van der Waals surface area contributed by atoms with E-state index in [0.717, 1.165) is 11.3 Å². The third-order valence-electron chi connectivity index (χ3n) is 6.00. The summed E-state index contributed by atoms with van der Waals surface area (Å²) in [5, 5.41) is 14.0. The largest absolute Gasteiger partial charge is 0.349 e. The van der Waals surface area contributed by atoms with Crippen LogP contribution in [0.15, 0.2) is 125 Å². The van der Waals surface area contributed by atoms with Crippen LogP contribution in [0, 0.1) is 11.3 Å². The molecule has 0 aliphatic rings. The van der Waals surface area contributed by atoms with Crippen molar-refractivity contribution in [2.75, 3.05) is 11.6 Å². The fourth-order valence-corrected chi connectivity index (χ4v) is 4.69. The van der Waals surface area contributed by atoms with E-state index in [1.807, 2.05) is 85.1 Å². The summed E-state index contributed by atoms with van der Waals surface area (Å²) in [6.07, 6.45) is 1.81. The first-order chi connectivity index (χ1) is 18.6. The summed E-state index contributed by atoms with van der Waals surface area (Å²) in [6, 6.07) is 34.8. The van der Waals surface area contributed by atoms with Gasteiger partial charge < -0.3 is 5.32 Å². The van der Waals surface area contributed by atoms with E-state index in [9.17, 15) is 14.9 Å². The molecule has 0 amide bonds. The number of nitrogens with zero attached hydrogens (tertiary/aromatic N) is 3. The summed E-state index contributed by atoms with van der Waals surface area (Å²) in [4.78, 5) is 31.7. The number of hydrogen-bond donors (Lipinski definition) is 1. The molecule has 0 atom stereocenters. The molecule has 6 nitrogen and oxygen atoms in total. The number of anilines is 1. The fourth-order valence-electron chi connectivity index (χ4n) is 4.13. The second kappa shape index (κ2) is 11.0. The maximum absolute atomic E-state index is 13.6. The summed E-state index contributed by atoms with van der Waals surface area (Å²) in [6.45, 7) is 0. The van der Waals surface area contributed by atoms with Gasteiger partial charge in [-0.05, 0) is 54.8 Å². The first-order valence-electron chi connectivity index (χ1n) is 11.8. The van der Waals surface area contributed by atoms with E-state index in [1.165, 1.54) is 11.8 Å². The molecule has 0 saturated heterocycles. The Hall–Kier alpha value is -4.93. The van der Waals surface area contributed by atoms with Crippen LogP contribution in [0.3, 0.4) is 0 Å². The van der Waals surface area contributed by atoms with Crippen molar-refractivity contribution < 1.29 is 4.79 Å². The summed E-state index contributed by atoms with van der Waals surface area (Å²) in [5.74, 6) is 0.0989. The quantitative estimate of drug-likeness (QED) is 0.153. The Morgan fingerprint density at radius 1 is 0.868 bits per heavy atom. The SMILES string of the molecule is CS/C(Nc1ccccc1)=C(\C#N)C(=O)c1ccc(-n2c(-c3ccccc3)nc3ccccc3c2=O)cc1. The topological polar surface area (TPSA) is 87.8 Å². The molecule has 4 aromatic carbocycles. The van der Waals surface area contributed by atoms with Crippen molar-refractivity contribution in [1.29, 1.82) is 5.26 Å². The Kier molecular flexibility index (Phi) is 7.16. The number of nitrogens with one attached hydrogen (secondary N) is 1. The highest BCUT2D eigenvalue weighted by atomic mass is 32.2. The number of carbonyl (C=O) groups is 1. The van der Waals surface area contributed by atoms with E-state index >= 15 is 0 Å². The normalized spacial score (nSPS) is 11.5. The van der Waals surface area contributed by atoms with Crippen LogP contribution >= 0.6 is 11.8 Å². The number of aromatic nitrogens is 2. The lowest BCUT2D eigenvalue weighted by atomic mass is 10.0. The van der Waals surface area contributed by atoms with Gasteiger partial charge >= 0.3 is 0 Å². The highest BCUT2D eigenvalue weighted by Gasteiger charge is 2.19. The van der Waals surface area contributed by atoms with Gasteiger partial charge in [-0.1, -0.05) is 60.7 Å². The molecule has 1 aromatic heterocycles. The molecule has 0 aliphatic heterocycles. The molecule has 0 unspecified atom stereocenters. The van der Waals surface area contributed by atoms with Crippen molar-refractivity contribution in [3.8, 4) is 23.1 Å². The predicted molar refractivity (Wildman–Crippen MR) is 153 cm³/mol. The van der Waals surface area contributed by atoms with Gasteiger partial charge in [0.1, 0.15) is 17.5 Å². The average Bonchev–Trinajstić information content (AvgIpc) is 2.98. The average molecular weight is 515 g/mol. The number of hydrogen-bond acceptors (Lipinski definition) is 6. The second-order valence-electron chi connectivity index (χ2n) is 8.35. The van der Waals surface area contributed by atoms with Gasteiger partial charge in [0.25, 0.3) is 5.56 Å². The lowest BCUT2D eigenvalue weighted by molar-refractivity contribution is 0.103. The minimum atomic E-state index is -0.404. The van der Waals surface area contributed by atoms with Crippen molar-refractivity contribution in [3.63, 3.8) is 0 Å². The van der Waals surface area contributed by atoms with E-state index in [1.54, 1.807) is 34.9 Å². The number of nitriles is 1. The van der Waals surface area contributed by atoms with E-state index in [4.69, 9.17) is 4.98 Å². The molecule has 7 heteroatoms. The van der Waals surface area contributed by atoms with Crippen molar-refractivity contribution in [3.05, 3.63) is 136 Å². The molecule has 0 bridgehead atoms. The van der Waals surface area contributed by atoms with Crippen LogP contribution in [-0.4, -0.2) is 21.6 Å². The maximum Gasteiger partial charge on any atom is 0.266 e. The number of allylic oxidation sites excluding steroid dienone is 1. The Bertz CT molecular complexity index is 1750. The fraction of sp³-hybridized carbons (Fsp3) is 0.0323. The van der Waals surface area contributed by atoms with Crippen LogP contribution in [0.25, 0.3) is 28.0 Å². The molecule has 0 radical (unpaired) electrons. The van der Waals surface area contributed by atoms with Crippen molar-refractivity contribution >= 4 is 34.1 Å². The van der Waals surface area contributed by atoms with Crippen molar-refractivity contribution in [2.45, 2.75) is 0 Å². The lowest BCUT2D eigenvalue weighted by Gasteiger charge is -2.14. The van der Waals surface area contributed by atoms with E-state index in [-0.39, 0.29) is 11.1 Å². The zero-order valence-corrected chi connectivity index (χ0v) is 21.3. The predicted octanol–water partition coefficient (Wildman–Crippen LogP) is 6.45. The number of fused-ring (bicyclic) bond motifs is 1. The molecule has 0 fully saturated rings. The van der Waals surface area contributed by atoms with E-state index < -0.39 is 5.78 Å². The van der Waals surface area contributed by atoms with Gasteiger partial charge in [-0.2, -0.15) is 5.26 Å².